The molecule has 0 bridgehead atoms. The summed E-state index contributed by atoms with van der Waals surface area (Å²) in [6.07, 6.45) is 0. The van der Waals surface area contributed by atoms with Crippen LogP contribution in [0.1, 0.15) is 21.8 Å². The first-order chi connectivity index (χ1) is 8.56. The molecule has 6 heteroatoms. The number of carboxylic acids is 1. The first-order valence-electron chi connectivity index (χ1n) is 5.14. The lowest BCUT2D eigenvalue weighted by molar-refractivity contribution is 0.0685. The quantitative estimate of drug-likeness (QED) is 0.903. The highest BCUT2D eigenvalue weighted by Gasteiger charge is 2.12. The Morgan fingerprint density at radius 2 is 2.28 bits per heavy atom. The predicted molar refractivity (Wildman–Crippen MR) is 58.9 cm³/mol. The molecule has 2 aromatic rings. The molecule has 0 fully saturated rings. The maximum atomic E-state index is 13.3. The molecule has 1 heterocycles. The Balaban J connectivity index is 2.06. The number of rotatable bonds is 4. The van der Waals surface area contributed by atoms with E-state index in [9.17, 15) is 9.18 Å². The van der Waals surface area contributed by atoms with Crippen LogP contribution in [0.25, 0.3) is 0 Å². The second-order valence-electron chi connectivity index (χ2n) is 3.71. The number of carbonyl (C=O) groups is 1. The molecule has 0 aliphatic carbocycles. The Labute approximate surface area is 102 Å². The highest BCUT2D eigenvalue weighted by Crippen LogP contribution is 2.19. The van der Waals surface area contributed by atoms with Crippen LogP contribution < -0.4 is 4.74 Å². The summed E-state index contributed by atoms with van der Waals surface area (Å²) in [6.45, 7) is 1.73. The number of hydrogen-bond donors (Lipinski definition) is 1. The average Bonchev–Trinajstić information content (AvgIpc) is 2.79. The first-order valence-corrected chi connectivity index (χ1v) is 5.14. The summed E-state index contributed by atoms with van der Waals surface area (Å²) in [5.41, 5.74) is 0.647. The second kappa shape index (κ2) is 4.87. The lowest BCUT2D eigenvalue weighted by Gasteiger charge is -2.05. The molecule has 0 atom stereocenters. The normalized spacial score (nSPS) is 10.3. The van der Waals surface area contributed by atoms with Crippen molar-refractivity contribution >= 4 is 5.97 Å². The van der Waals surface area contributed by atoms with Gasteiger partial charge in [-0.1, -0.05) is 11.2 Å². The Morgan fingerprint density at radius 1 is 1.50 bits per heavy atom. The molecule has 1 N–H and O–H groups in total. The molecular weight excluding hydrogens is 241 g/mol. The molecule has 0 aliphatic rings. The molecule has 0 saturated carbocycles. The predicted octanol–water partition coefficient (Wildman–Crippen LogP) is 2.40. The van der Waals surface area contributed by atoms with Gasteiger partial charge in [-0.2, -0.15) is 0 Å². The SMILES string of the molecule is Cc1ccc(F)c(OCc2cc(C(=O)O)no2)c1. The molecule has 0 aliphatic heterocycles. The van der Waals surface area contributed by atoms with Gasteiger partial charge in [0.15, 0.2) is 23.0 Å². The van der Waals surface area contributed by atoms with Crippen molar-refractivity contribution in [3.8, 4) is 5.75 Å². The van der Waals surface area contributed by atoms with Gasteiger partial charge < -0.3 is 14.4 Å². The van der Waals surface area contributed by atoms with Gasteiger partial charge in [-0.15, -0.1) is 0 Å². The van der Waals surface area contributed by atoms with E-state index in [1.165, 1.54) is 12.1 Å². The molecule has 5 nitrogen and oxygen atoms in total. The van der Waals surface area contributed by atoms with Crippen molar-refractivity contribution in [1.29, 1.82) is 0 Å². The Hall–Kier alpha value is -2.37. The monoisotopic (exact) mass is 251 g/mol. The molecule has 0 unspecified atom stereocenters. The number of aryl methyl sites for hydroxylation is 1. The van der Waals surface area contributed by atoms with Gasteiger partial charge in [-0.05, 0) is 24.6 Å². The van der Waals surface area contributed by atoms with Crippen molar-refractivity contribution in [1.82, 2.24) is 5.16 Å². The number of hydrogen-bond acceptors (Lipinski definition) is 4. The Kier molecular flexibility index (Phi) is 3.27. The number of aromatic nitrogens is 1. The van der Waals surface area contributed by atoms with Gasteiger partial charge in [0.2, 0.25) is 0 Å². The third-order valence-electron chi connectivity index (χ3n) is 2.23. The summed E-state index contributed by atoms with van der Waals surface area (Å²) in [7, 11) is 0. The van der Waals surface area contributed by atoms with Gasteiger partial charge in [-0.3, -0.25) is 0 Å². The van der Waals surface area contributed by atoms with Crippen LogP contribution in [0.3, 0.4) is 0 Å². The smallest absolute Gasteiger partial charge is 0.358 e. The highest BCUT2D eigenvalue weighted by atomic mass is 19.1. The van der Waals surface area contributed by atoms with Gasteiger partial charge in [0.25, 0.3) is 0 Å². The molecule has 1 aromatic heterocycles. The minimum atomic E-state index is -1.19. The largest absolute Gasteiger partial charge is 0.482 e. The lowest BCUT2D eigenvalue weighted by atomic mass is 10.2. The van der Waals surface area contributed by atoms with Gasteiger partial charge >= 0.3 is 5.97 Å². The fourth-order valence-electron chi connectivity index (χ4n) is 1.35. The minimum absolute atomic E-state index is 0.0827. The highest BCUT2D eigenvalue weighted by molar-refractivity contribution is 5.85. The summed E-state index contributed by atoms with van der Waals surface area (Å²) in [5, 5.41) is 12.0. The number of benzene rings is 1. The van der Waals surface area contributed by atoms with E-state index in [-0.39, 0.29) is 23.8 Å². The third-order valence-corrected chi connectivity index (χ3v) is 2.23. The topological polar surface area (TPSA) is 72.6 Å². The lowest BCUT2D eigenvalue weighted by Crippen LogP contribution is -1.97. The molecule has 0 radical (unpaired) electrons. The van der Waals surface area contributed by atoms with Crippen LogP contribution >= 0.6 is 0 Å². The maximum Gasteiger partial charge on any atom is 0.358 e. The Morgan fingerprint density at radius 3 is 2.94 bits per heavy atom. The summed E-state index contributed by atoms with van der Waals surface area (Å²) in [6, 6.07) is 5.70. The molecular formula is C12H10FNO4. The summed E-state index contributed by atoms with van der Waals surface area (Å²) in [4.78, 5) is 10.6. The molecule has 94 valence electrons. The van der Waals surface area contributed by atoms with E-state index in [4.69, 9.17) is 14.4 Å². The molecule has 0 spiro atoms. The first kappa shape index (κ1) is 12.1. The van der Waals surface area contributed by atoms with Gasteiger partial charge in [-0.25, -0.2) is 9.18 Å². The van der Waals surface area contributed by atoms with Crippen LogP contribution in [0.2, 0.25) is 0 Å². The molecule has 0 saturated heterocycles. The van der Waals surface area contributed by atoms with Crippen LogP contribution in [0.4, 0.5) is 4.39 Å². The van der Waals surface area contributed by atoms with E-state index in [0.717, 1.165) is 5.56 Å². The standard InChI is InChI=1S/C12H10FNO4/c1-7-2-3-9(13)11(4-7)17-6-8-5-10(12(15)16)14-18-8/h2-5H,6H2,1H3,(H,15,16). The van der Waals surface area contributed by atoms with Crippen molar-refractivity contribution in [3.63, 3.8) is 0 Å². The van der Waals surface area contributed by atoms with Crippen molar-refractivity contribution in [2.45, 2.75) is 13.5 Å². The second-order valence-corrected chi connectivity index (χ2v) is 3.71. The van der Waals surface area contributed by atoms with E-state index < -0.39 is 11.8 Å². The fourth-order valence-corrected chi connectivity index (χ4v) is 1.35. The van der Waals surface area contributed by atoms with Gasteiger partial charge in [0.05, 0.1) is 0 Å². The van der Waals surface area contributed by atoms with Crippen molar-refractivity contribution in [3.05, 3.63) is 47.1 Å². The van der Waals surface area contributed by atoms with Gasteiger partial charge in [0, 0.05) is 6.07 Å². The molecule has 18 heavy (non-hydrogen) atoms. The van der Waals surface area contributed by atoms with E-state index in [0.29, 0.717) is 0 Å². The zero-order chi connectivity index (χ0) is 13.1. The third kappa shape index (κ3) is 2.65. The zero-order valence-electron chi connectivity index (χ0n) is 9.51. The van der Waals surface area contributed by atoms with Crippen LogP contribution in [0, 0.1) is 12.7 Å². The fraction of sp³-hybridized carbons (Fsp3) is 0.167. The van der Waals surface area contributed by atoms with E-state index in [1.807, 2.05) is 6.92 Å². The number of ether oxygens (including phenoxy) is 1. The summed E-state index contributed by atoms with van der Waals surface area (Å²) in [5.74, 6) is -1.37. The van der Waals surface area contributed by atoms with E-state index >= 15 is 0 Å². The molecule has 0 amide bonds. The van der Waals surface area contributed by atoms with E-state index in [1.54, 1.807) is 12.1 Å². The van der Waals surface area contributed by atoms with Crippen molar-refractivity contribution in [2.75, 3.05) is 0 Å². The van der Waals surface area contributed by atoms with Gasteiger partial charge in [0.1, 0.15) is 6.61 Å². The van der Waals surface area contributed by atoms with Crippen LogP contribution in [0.5, 0.6) is 5.75 Å². The molecule has 2 rings (SSSR count). The van der Waals surface area contributed by atoms with Crippen molar-refractivity contribution < 1.29 is 23.6 Å². The number of halogens is 1. The Bertz CT molecular complexity index is 579. The minimum Gasteiger partial charge on any atom is -0.482 e. The maximum absolute atomic E-state index is 13.3. The average molecular weight is 251 g/mol. The number of nitrogens with zero attached hydrogens (tertiary/aromatic N) is 1. The molecule has 1 aromatic carbocycles. The summed E-state index contributed by atoms with van der Waals surface area (Å²) >= 11 is 0. The van der Waals surface area contributed by atoms with E-state index in [2.05, 4.69) is 5.16 Å². The van der Waals surface area contributed by atoms with Crippen LogP contribution in [-0.2, 0) is 6.61 Å². The zero-order valence-corrected chi connectivity index (χ0v) is 9.51. The number of aromatic carboxylic acids is 1. The van der Waals surface area contributed by atoms with Crippen LogP contribution in [0.15, 0.2) is 28.8 Å². The van der Waals surface area contributed by atoms with Crippen molar-refractivity contribution in [2.24, 2.45) is 0 Å². The number of carboxylic acid groups (broad SMARTS) is 1. The van der Waals surface area contributed by atoms with Crippen LogP contribution in [-0.4, -0.2) is 16.2 Å². The summed E-state index contributed by atoms with van der Waals surface area (Å²) < 4.78 is 23.3.